The molecule has 162 valence electrons. The minimum Gasteiger partial charge on any atom is -0.479 e. The minimum absolute atomic E-state index is 0.0783. The number of fused-ring (bicyclic) bond motifs is 3. The van der Waals surface area contributed by atoms with E-state index < -0.39 is 30.1 Å². The molecule has 4 rings (SSSR count). The molecule has 2 aliphatic carbocycles. The van der Waals surface area contributed by atoms with Crippen LogP contribution in [0.25, 0.3) is 11.1 Å². The van der Waals surface area contributed by atoms with E-state index >= 15 is 0 Å². The van der Waals surface area contributed by atoms with Gasteiger partial charge < -0.3 is 15.2 Å². The molecule has 0 heterocycles. The number of rotatable bonds is 7. The van der Waals surface area contributed by atoms with Crippen LogP contribution in [0.4, 0.5) is 4.79 Å². The molecule has 0 bridgehead atoms. The number of alkyl carbamates (subject to hydrolysis) is 1. The summed E-state index contributed by atoms with van der Waals surface area (Å²) >= 11 is 0. The van der Waals surface area contributed by atoms with Crippen LogP contribution in [0.15, 0.2) is 48.5 Å². The van der Waals surface area contributed by atoms with Crippen molar-refractivity contribution < 1.29 is 29.1 Å². The van der Waals surface area contributed by atoms with Crippen LogP contribution in [0, 0.1) is 0 Å². The van der Waals surface area contributed by atoms with Gasteiger partial charge in [0.25, 0.3) is 5.91 Å². The van der Waals surface area contributed by atoms with Gasteiger partial charge in [0.2, 0.25) is 0 Å². The van der Waals surface area contributed by atoms with Crippen molar-refractivity contribution in [3.05, 3.63) is 59.7 Å². The molecule has 2 amide bonds. The highest BCUT2D eigenvalue weighted by Crippen LogP contribution is 2.44. The molecule has 3 N–H and O–H groups in total. The van der Waals surface area contributed by atoms with Gasteiger partial charge >= 0.3 is 12.1 Å². The number of amides is 2. The Labute approximate surface area is 179 Å². The van der Waals surface area contributed by atoms with Crippen LogP contribution in [0.5, 0.6) is 0 Å². The number of carbonyl (C=O) groups excluding carboxylic acids is 2. The molecule has 0 spiro atoms. The Hall–Kier alpha value is -3.39. The largest absolute Gasteiger partial charge is 0.479 e. The molecular formula is C23H24N2O6. The zero-order valence-electron chi connectivity index (χ0n) is 16.9. The number of nitrogens with one attached hydrogen (secondary N) is 2. The lowest BCUT2D eigenvalue weighted by atomic mass is 9.97. The van der Waals surface area contributed by atoms with Gasteiger partial charge in [-0.05, 0) is 35.1 Å². The van der Waals surface area contributed by atoms with Crippen molar-refractivity contribution in [3.63, 3.8) is 0 Å². The number of ether oxygens (including phenoxy) is 1. The van der Waals surface area contributed by atoms with Gasteiger partial charge in [-0.25, -0.2) is 15.1 Å². The van der Waals surface area contributed by atoms with Crippen LogP contribution < -0.4 is 10.8 Å². The summed E-state index contributed by atoms with van der Waals surface area (Å²) in [6.07, 6.45) is 1.70. The van der Waals surface area contributed by atoms with Gasteiger partial charge in [0.15, 0.2) is 6.61 Å². The molecule has 1 fully saturated rings. The van der Waals surface area contributed by atoms with Gasteiger partial charge in [-0.3, -0.25) is 9.63 Å². The SMILES string of the molecule is O=C(O)CONC(=O)C1(NC(=O)OCC2c3ccccc3-c3ccccc32)CCCC1. The highest BCUT2D eigenvalue weighted by molar-refractivity contribution is 5.89. The lowest BCUT2D eigenvalue weighted by molar-refractivity contribution is -0.151. The van der Waals surface area contributed by atoms with Gasteiger partial charge in [0, 0.05) is 5.92 Å². The molecule has 2 aromatic rings. The maximum atomic E-state index is 12.6. The Morgan fingerprint density at radius 1 is 0.968 bits per heavy atom. The summed E-state index contributed by atoms with van der Waals surface area (Å²) in [4.78, 5) is 40.5. The average Bonchev–Trinajstić information content (AvgIpc) is 3.36. The minimum atomic E-state index is -1.20. The molecule has 0 atom stereocenters. The first-order chi connectivity index (χ1) is 15.0. The highest BCUT2D eigenvalue weighted by atomic mass is 16.7. The second-order valence-electron chi connectivity index (χ2n) is 7.85. The molecule has 2 aliphatic rings. The Kier molecular flexibility index (Phi) is 5.90. The molecule has 2 aromatic carbocycles. The maximum absolute atomic E-state index is 12.6. The molecule has 31 heavy (non-hydrogen) atoms. The van der Waals surface area contributed by atoms with E-state index in [1.54, 1.807) is 0 Å². The summed E-state index contributed by atoms with van der Waals surface area (Å²) in [5.41, 5.74) is 5.44. The first-order valence-corrected chi connectivity index (χ1v) is 10.3. The van der Waals surface area contributed by atoms with E-state index in [9.17, 15) is 14.4 Å². The molecule has 0 aliphatic heterocycles. The second-order valence-corrected chi connectivity index (χ2v) is 7.85. The zero-order valence-corrected chi connectivity index (χ0v) is 16.9. The van der Waals surface area contributed by atoms with E-state index in [4.69, 9.17) is 14.7 Å². The third-order valence-corrected chi connectivity index (χ3v) is 5.94. The van der Waals surface area contributed by atoms with Crippen LogP contribution in [0.2, 0.25) is 0 Å². The Morgan fingerprint density at radius 2 is 1.55 bits per heavy atom. The monoisotopic (exact) mass is 424 g/mol. The summed E-state index contributed by atoms with van der Waals surface area (Å²) in [7, 11) is 0. The van der Waals surface area contributed by atoms with E-state index in [1.807, 2.05) is 36.4 Å². The number of carboxylic acids is 1. The molecule has 0 aromatic heterocycles. The molecule has 0 radical (unpaired) electrons. The van der Waals surface area contributed by atoms with Gasteiger partial charge in [-0.1, -0.05) is 61.4 Å². The summed E-state index contributed by atoms with van der Waals surface area (Å²) in [5, 5.41) is 11.4. The Bertz CT molecular complexity index is 954. The predicted molar refractivity (Wildman–Crippen MR) is 111 cm³/mol. The first-order valence-electron chi connectivity index (χ1n) is 10.3. The van der Waals surface area contributed by atoms with E-state index in [1.165, 1.54) is 0 Å². The fourth-order valence-corrected chi connectivity index (χ4v) is 4.48. The summed E-state index contributed by atoms with van der Waals surface area (Å²) < 4.78 is 5.55. The average molecular weight is 424 g/mol. The number of carbonyl (C=O) groups is 3. The van der Waals surface area contributed by atoms with Crippen LogP contribution in [0.3, 0.4) is 0 Å². The molecule has 8 heteroatoms. The van der Waals surface area contributed by atoms with E-state index in [2.05, 4.69) is 22.9 Å². The fourth-order valence-electron chi connectivity index (χ4n) is 4.48. The highest BCUT2D eigenvalue weighted by Gasteiger charge is 2.43. The van der Waals surface area contributed by atoms with Gasteiger partial charge in [-0.2, -0.15) is 0 Å². The normalized spacial score (nSPS) is 16.3. The van der Waals surface area contributed by atoms with Crippen molar-refractivity contribution in [1.29, 1.82) is 0 Å². The van der Waals surface area contributed by atoms with Crippen molar-refractivity contribution in [2.45, 2.75) is 37.1 Å². The number of carboxylic acid groups (broad SMARTS) is 1. The second kappa shape index (κ2) is 8.77. The summed E-state index contributed by atoms with van der Waals surface area (Å²) in [6.45, 7) is -0.514. The number of benzene rings is 2. The van der Waals surface area contributed by atoms with Crippen LogP contribution in [-0.2, 0) is 19.2 Å². The van der Waals surface area contributed by atoms with Gasteiger partial charge in [0.05, 0.1) is 0 Å². The van der Waals surface area contributed by atoms with Crippen LogP contribution in [0.1, 0.15) is 42.7 Å². The van der Waals surface area contributed by atoms with Crippen molar-refractivity contribution in [2.75, 3.05) is 13.2 Å². The standard InChI is InChI=1S/C23H24N2O6/c26-20(27)14-31-25-21(28)23(11-5-6-12-23)24-22(29)30-13-19-17-9-3-1-7-15(17)16-8-2-4-10-18(16)19/h1-4,7-10,19H,5-6,11-14H2,(H,24,29)(H,25,28)(H,26,27). The molecule has 8 nitrogen and oxygen atoms in total. The van der Waals surface area contributed by atoms with E-state index in [0.717, 1.165) is 35.1 Å². The smallest absolute Gasteiger partial charge is 0.408 e. The third kappa shape index (κ3) is 4.25. The molecular weight excluding hydrogens is 400 g/mol. The Morgan fingerprint density at radius 3 is 2.13 bits per heavy atom. The van der Waals surface area contributed by atoms with E-state index in [-0.39, 0.29) is 12.5 Å². The van der Waals surface area contributed by atoms with Crippen molar-refractivity contribution in [2.24, 2.45) is 0 Å². The number of hydroxylamine groups is 1. The fraction of sp³-hybridized carbons (Fsp3) is 0.348. The zero-order chi connectivity index (χ0) is 21.8. The lowest BCUT2D eigenvalue weighted by Gasteiger charge is -2.28. The van der Waals surface area contributed by atoms with Gasteiger partial charge in [0.1, 0.15) is 12.1 Å². The van der Waals surface area contributed by atoms with Crippen LogP contribution >= 0.6 is 0 Å². The quantitative estimate of drug-likeness (QED) is 0.589. The number of aliphatic carboxylic acids is 1. The van der Waals surface area contributed by atoms with Crippen molar-refractivity contribution in [1.82, 2.24) is 10.8 Å². The third-order valence-electron chi connectivity index (χ3n) is 5.94. The summed E-state index contributed by atoms with van der Waals surface area (Å²) in [5.74, 6) is -1.85. The number of hydrogen-bond donors (Lipinski definition) is 3. The molecule has 0 saturated heterocycles. The van der Waals surface area contributed by atoms with Crippen molar-refractivity contribution in [3.8, 4) is 11.1 Å². The van der Waals surface area contributed by atoms with Crippen LogP contribution in [-0.4, -0.2) is 41.8 Å². The molecule has 1 saturated carbocycles. The number of hydrogen-bond acceptors (Lipinski definition) is 5. The molecule has 0 unspecified atom stereocenters. The predicted octanol–water partition coefficient (Wildman–Crippen LogP) is 2.97. The van der Waals surface area contributed by atoms with Gasteiger partial charge in [-0.15, -0.1) is 0 Å². The Balaban J connectivity index is 1.41. The maximum Gasteiger partial charge on any atom is 0.408 e. The van der Waals surface area contributed by atoms with Crippen molar-refractivity contribution >= 4 is 18.0 Å². The first kappa shape index (κ1) is 20.9. The lowest BCUT2D eigenvalue weighted by Crippen LogP contribution is -2.57. The van der Waals surface area contributed by atoms with E-state index in [0.29, 0.717) is 12.8 Å². The summed E-state index contributed by atoms with van der Waals surface area (Å²) in [6, 6.07) is 16.1. The topological polar surface area (TPSA) is 114 Å².